The van der Waals surface area contributed by atoms with Crippen LogP contribution in [-0.4, -0.2) is 215 Å². The number of cyclic esters (lactones) is 1. The molecule has 0 aliphatic carbocycles. The van der Waals surface area contributed by atoms with Crippen LogP contribution in [0.15, 0.2) is 36.2 Å². The molecule has 4 saturated heterocycles. The second-order valence-electron chi connectivity index (χ2n) is 23.7. The van der Waals surface area contributed by atoms with Gasteiger partial charge in [0.1, 0.15) is 48.8 Å². The first-order chi connectivity index (χ1) is 36.1. The Morgan fingerprint density at radius 1 is 0.948 bits per heavy atom. The maximum absolute atomic E-state index is 15.1. The summed E-state index contributed by atoms with van der Waals surface area (Å²) in [5, 5.41) is 63.5. The number of aliphatic hydroxyl groups is 5. The van der Waals surface area contributed by atoms with Crippen molar-refractivity contribution in [2.75, 3.05) is 66.6 Å². The summed E-state index contributed by atoms with van der Waals surface area (Å²) in [7, 11) is 8.60. The molecular weight excluding hydrogens is 1000 g/mol. The number of ether oxygens (including phenoxy) is 7. The molecule has 21 heteroatoms. The number of benzene rings is 1. The van der Waals surface area contributed by atoms with Crippen LogP contribution in [-0.2, 0) is 42.7 Å². The molecular formula is C56H95FN6O14. The predicted octanol–water partition coefficient (Wildman–Crippen LogP) is 4.02. The number of hydrazine groups is 2. The van der Waals surface area contributed by atoms with Crippen LogP contribution in [0.1, 0.15) is 126 Å². The molecule has 20 atom stereocenters. The fourth-order valence-electron chi connectivity index (χ4n) is 12.7. The molecule has 5 aliphatic rings. The Morgan fingerprint density at radius 2 is 1.62 bits per heavy atom. The molecule has 1 aromatic rings. The average molecular weight is 1100 g/mol. The van der Waals surface area contributed by atoms with Gasteiger partial charge in [-0.25, -0.2) is 4.39 Å². The lowest BCUT2D eigenvalue weighted by Crippen LogP contribution is -2.61. The minimum Gasteiger partial charge on any atom is -0.459 e. The number of amides is 1. The molecule has 440 valence electrons. The number of anilines is 1. The van der Waals surface area contributed by atoms with Gasteiger partial charge < -0.3 is 78.8 Å². The van der Waals surface area contributed by atoms with Crippen molar-refractivity contribution in [1.29, 1.82) is 0 Å². The average Bonchev–Trinajstić information content (AvgIpc) is 3.99. The SMILES string of the molecule is CC[C@H]1OC(=O)[C@H](C)[C@@H](O[C@H]2C[C@@](C)(OC)[C@@H](O)[C@H](C)O2)[C@H](C)[C@@H](O[C@@H]2O[C@H](C)C[C@H](N(C)CCC3=CN([C@H](CF)[C@H](OC)c4ccc(N5CCCC5=O)cc4)N(C)N3)[C@H]2O)[C@](C)(O)C[C@@H](C)CN(C)[C@H](C)[C@@H](O)[C@]1(C)O. The number of likely N-dealkylation sites (N-methyl/N-ethyl adjacent to an activating group) is 2. The van der Waals surface area contributed by atoms with Crippen molar-refractivity contribution >= 4 is 17.6 Å². The third-order valence-electron chi connectivity index (χ3n) is 17.5. The largest absolute Gasteiger partial charge is 0.459 e. The molecule has 20 nitrogen and oxygen atoms in total. The van der Waals surface area contributed by atoms with Gasteiger partial charge in [-0.2, -0.15) is 0 Å². The van der Waals surface area contributed by atoms with Gasteiger partial charge in [-0.05, 0) is 112 Å². The second kappa shape index (κ2) is 26.2. The molecule has 0 radical (unpaired) electrons. The number of nitrogens with zero attached hydrogens (tertiary/aromatic N) is 5. The van der Waals surface area contributed by atoms with Gasteiger partial charge in [0, 0.05) is 95.7 Å². The first kappa shape index (κ1) is 63.1. The normalized spacial score (nSPS) is 40.4. The maximum Gasteiger partial charge on any atom is 0.311 e. The van der Waals surface area contributed by atoms with Crippen LogP contribution in [0.25, 0.3) is 0 Å². The number of nitrogens with one attached hydrogen (secondary N) is 1. The van der Waals surface area contributed by atoms with Gasteiger partial charge in [-0.3, -0.25) is 14.6 Å². The quantitative estimate of drug-likeness (QED) is 0.129. The Morgan fingerprint density at radius 3 is 2.22 bits per heavy atom. The van der Waals surface area contributed by atoms with Gasteiger partial charge in [0.15, 0.2) is 12.6 Å². The smallest absolute Gasteiger partial charge is 0.311 e. The summed E-state index contributed by atoms with van der Waals surface area (Å²) in [6.45, 7) is 18.3. The van der Waals surface area contributed by atoms with Crippen molar-refractivity contribution in [2.24, 2.45) is 17.8 Å². The van der Waals surface area contributed by atoms with E-state index in [9.17, 15) is 35.1 Å². The summed E-state index contributed by atoms with van der Waals surface area (Å²) in [6.07, 6.45) is -6.37. The molecule has 0 spiro atoms. The molecule has 1 aromatic carbocycles. The molecule has 0 bridgehead atoms. The van der Waals surface area contributed by atoms with E-state index >= 15 is 4.39 Å². The summed E-state index contributed by atoms with van der Waals surface area (Å²) in [4.78, 5) is 32.7. The van der Waals surface area contributed by atoms with Crippen LogP contribution < -0.4 is 10.3 Å². The summed E-state index contributed by atoms with van der Waals surface area (Å²) in [5.74, 6) is -2.79. The van der Waals surface area contributed by atoms with E-state index in [0.717, 1.165) is 23.4 Å². The zero-order valence-corrected chi connectivity index (χ0v) is 48.5. The van der Waals surface area contributed by atoms with E-state index in [1.54, 1.807) is 77.7 Å². The number of carbonyl (C=O) groups excluding carboxylic acids is 2. The molecule has 4 fully saturated rings. The van der Waals surface area contributed by atoms with Crippen molar-refractivity contribution in [3.63, 3.8) is 0 Å². The Hall–Kier alpha value is -3.13. The number of rotatable bonds is 16. The number of hydrogen-bond acceptors (Lipinski definition) is 19. The van der Waals surface area contributed by atoms with Gasteiger partial charge in [-0.15, -0.1) is 5.12 Å². The number of halogens is 1. The van der Waals surface area contributed by atoms with Gasteiger partial charge in [0.2, 0.25) is 5.91 Å². The van der Waals surface area contributed by atoms with Crippen molar-refractivity contribution in [3.05, 3.63) is 41.7 Å². The standard InChI is InChI=1S/C56H95FN6O14/c1-16-43-56(10,70)49(66)36(6)60(12)30-32(2)27-54(8,69)51(34(4)47(35(5)52(68)75-43)76-45-28-55(9,72-15)50(67)37(7)74-45)77-53-46(65)41(26-33(3)73-53)59(11)25-23-39-31-63(61(13)58-39)42(29-57)48(71-14)38-19-21-40(22-20-38)62-24-17-18-44(62)64/h19-22,31-37,41-43,45-51,53,58,65-67,69-70H,16-18,23-30H2,1-15H3/t32-,33-,34+,35-,36-,37+,41+,42-,43-,45+,46-,47+,48-,49-,50+,51-,53+,54-,55-,56-/m1/s1. The minimum atomic E-state index is -1.85. The first-order valence-corrected chi connectivity index (χ1v) is 27.9. The molecule has 5 heterocycles. The Labute approximate surface area is 457 Å². The lowest BCUT2D eigenvalue weighted by atomic mass is 9.77. The molecule has 0 unspecified atom stereocenters. The highest BCUT2D eigenvalue weighted by molar-refractivity contribution is 5.95. The van der Waals surface area contributed by atoms with E-state index in [0.29, 0.717) is 38.9 Å². The summed E-state index contributed by atoms with van der Waals surface area (Å²) >= 11 is 0. The van der Waals surface area contributed by atoms with E-state index in [1.807, 2.05) is 68.2 Å². The van der Waals surface area contributed by atoms with E-state index < -0.39 is 127 Å². The number of carbonyl (C=O) groups is 2. The maximum atomic E-state index is 15.1. The van der Waals surface area contributed by atoms with Gasteiger partial charge in [0.05, 0.1) is 41.5 Å². The second-order valence-corrected chi connectivity index (χ2v) is 23.7. The minimum absolute atomic E-state index is 0.0841. The van der Waals surface area contributed by atoms with Crippen LogP contribution in [0.3, 0.4) is 0 Å². The summed E-state index contributed by atoms with van der Waals surface area (Å²) < 4.78 is 59.5. The zero-order valence-electron chi connectivity index (χ0n) is 48.5. The van der Waals surface area contributed by atoms with Gasteiger partial charge in [-0.1, -0.05) is 32.9 Å². The topological polar surface area (TPSA) is 228 Å². The number of esters is 1. The highest BCUT2D eigenvalue weighted by atomic mass is 19.1. The fourth-order valence-corrected chi connectivity index (χ4v) is 12.7. The molecule has 0 aromatic heterocycles. The summed E-state index contributed by atoms with van der Waals surface area (Å²) in [6, 6.07) is 5.72. The predicted molar refractivity (Wildman–Crippen MR) is 286 cm³/mol. The van der Waals surface area contributed by atoms with Crippen LogP contribution >= 0.6 is 0 Å². The molecule has 1 amide bonds. The number of methoxy groups -OCH3 is 2. The van der Waals surface area contributed by atoms with Crippen molar-refractivity contribution < 1.29 is 72.7 Å². The third kappa shape index (κ3) is 14.1. The lowest BCUT2D eigenvalue weighted by Gasteiger charge is -2.49. The monoisotopic (exact) mass is 1090 g/mol. The molecule has 6 rings (SSSR count). The van der Waals surface area contributed by atoms with Crippen molar-refractivity contribution in [2.45, 2.75) is 217 Å². The highest BCUT2D eigenvalue weighted by Gasteiger charge is 2.53. The van der Waals surface area contributed by atoms with E-state index in [1.165, 1.54) is 14.0 Å². The van der Waals surface area contributed by atoms with E-state index in [-0.39, 0.29) is 31.1 Å². The van der Waals surface area contributed by atoms with Crippen LogP contribution in [0, 0.1) is 17.8 Å². The van der Waals surface area contributed by atoms with Crippen molar-refractivity contribution in [1.82, 2.24) is 25.4 Å². The fraction of sp³-hybridized carbons (Fsp3) is 0.821. The van der Waals surface area contributed by atoms with Crippen LogP contribution in [0.2, 0.25) is 0 Å². The summed E-state index contributed by atoms with van der Waals surface area (Å²) in [5.41, 5.74) is 1.14. The Kier molecular flexibility index (Phi) is 21.5. The molecule has 77 heavy (non-hydrogen) atoms. The van der Waals surface area contributed by atoms with Crippen LogP contribution in [0.5, 0.6) is 0 Å². The zero-order chi connectivity index (χ0) is 57.1. The van der Waals surface area contributed by atoms with Crippen molar-refractivity contribution in [3.8, 4) is 0 Å². The Balaban J connectivity index is 1.25. The van der Waals surface area contributed by atoms with Gasteiger partial charge >= 0.3 is 5.97 Å². The molecule has 6 N–H and O–H groups in total. The highest BCUT2D eigenvalue weighted by Crippen LogP contribution is 2.41. The van der Waals surface area contributed by atoms with E-state index in [2.05, 4.69) is 5.43 Å². The molecule has 5 aliphatic heterocycles. The lowest BCUT2D eigenvalue weighted by molar-refractivity contribution is -0.318. The number of alkyl halides is 1. The number of aliphatic hydroxyl groups excluding tert-OH is 3. The Bertz CT molecular complexity index is 2110. The molecule has 0 saturated carbocycles. The van der Waals surface area contributed by atoms with E-state index in [4.69, 9.17) is 33.2 Å². The first-order valence-electron chi connectivity index (χ1n) is 27.9. The van der Waals surface area contributed by atoms with Crippen LogP contribution in [0.4, 0.5) is 10.1 Å². The third-order valence-corrected chi connectivity index (χ3v) is 17.5. The number of hydrogen-bond donors (Lipinski definition) is 6. The van der Waals surface area contributed by atoms with Gasteiger partial charge in [0.25, 0.3) is 0 Å².